The lowest BCUT2D eigenvalue weighted by Gasteiger charge is -2.19. The van der Waals surface area contributed by atoms with Gasteiger partial charge in [0, 0.05) is 16.9 Å². The van der Waals surface area contributed by atoms with Crippen molar-refractivity contribution >= 4 is 23.1 Å². The van der Waals surface area contributed by atoms with E-state index in [-0.39, 0.29) is 17.7 Å². The number of hydrogen-bond donors (Lipinski definition) is 2. The largest absolute Gasteiger partial charge is 0.374 e. The Hall–Kier alpha value is -2.62. The van der Waals surface area contributed by atoms with Crippen molar-refractivity contribution in [1.82, 2.24) is 0 Å². The van der Waals surface area contributed by atoms with Gasteiger partial charge in [0.2, 0.25) is 5.91 Å². The van der Waals surface area contributed by atoms with Gasteiger partial charge in [0.25, 0.3) is 0 Å². The third-order valence-electron chi connectivity index (χ3n) is 3.91. The summed E-state index contributed by atoms with van der Waals surface area (Å²) in [6, 6.07) is 14.5. The lowest BCUT2D eigenvalue weighted by atomic mass is 10.0. The summed E-state index contributed by atoms with van der Waals surface area (Å²) < 4.78 is 0. The molecule has 24 heavy (non-hydrogen) atoms. The molecule has 0 spiro atoms. The number of anilines is 2. The highest BCUT2D eigenvalue weighted by Crippen LogP contribution is 2.24. The van der Waals surface area contributed by atoms with E-state index in [0.717, 1.165) is 5.69 Å². The van der Waals surface area contributed by atoms with Crippen molar-refractivity contribution in [3.05, 3.63) is 59.7 Å². The Labute approximate surface area is 143 Å². The smallest absolute Gasteiger partial charge is 0.246 e. The highest BCUT2D eigenvalue weighted by Gasteiger charge is 2.15. The van der Waals surface area contributed by atoms with Crippen LogP contribution < -0.4 is 10.6 Å². The van der Waals surface area contributed by atoms with E-state index in [1.165, 1.54) is 12.5 Å². The fraction of sp³-hybridized carbons (Fsp3) is 0.300. The lowest BCUT2D eigenvalue weighted by Crippen LogP contribution is -2.32. The summed E-state index contributed by atoms with van der Waals surface area (Å²) in [6.07, 6.45) is 0. The Balaban J connectivity index is 2.03. The van der Waals surface area contributed by atoms with Gasteiger partial charge in [0.05, 0.1) is 0 Å². The molecule has 0 aliphatic carbocycles. The lowest BCUT2D eigenvalue weighted by molar-refractivity contribution is -0.116. The maximum Gasteiger partial charge on any atom is 0.246 e. The SMILES string of the molecule is CC(=O)c1ccc(NC(=O)[C@@H](C)Nc2ccccc2C(C)C)cc1. The molecular weight excluding hydrogens is 300 g/mol. The summed E-state index contributed by atoms with van der Waals surface area (Å²) in [4.78, 5) is 23.7. The summed E-state index contributed by atoms with van der Waals surface area (Å²) in [7, 11) is 0. The van der Waals surface area contributed by atoms with Gasteiger partial charge in [0.1, 0.15) is 6.04 Å². The van der Waals surface area contributed by atoms with E-state index in [1.807, 2.05) is 25.1 Å². The zero-order valence-electron chi connectivity index (χ0n) is 14.6. The molecule has 1 amide bonds. The first-order valence-electron chi connectivity index (χ1n) is 8.16. The van der Waals surface area contributed by atoms with Gasteiger partial charge in [-0.3, -0.25) is 9.59 Å². The molecule has 0 aliphatic rings. The molecule has 1 atom stereocenters. The van der Waals surface area contributed by atoms with Crippen molar-refractivity contribution in [2.45, 2.75) is 39.7 Å². The second-order valence-electron chi connectivity index (χ2n) is 6.23. The molecule has 2 aromatic carbocycles. The van der Waals surface area contributed by atoms with Crippen LogP contribution in [0.4, 0.5) is 11.4 Å². The number of Topliss-reactive ketones (excluding diaryl/α,β-unsaturated/α-hetero) is 1. The summed E-state index contributed by atoms with van der Waals surface area (Å²) >= 11 is 0. The summed E-state index contributed by atoms with van der Waals surface area (Å²) in [5, 5.41) is 6.14. The number of carbonyl (C=O) groups is 2. The number of amides is 1. The molecule has 0 aromatic heterocycles. The van der Waals surface area contributed by atoms with Crippen molar-refractivity contribution < 1.29 is 9.59 Å². The van der Waals surface area contributed by atoms with Gasteiger partial charge in [-0.05, 0) is 55.7 Å². The number of para-hydroxylation sites is 1. The summed E-state index contributed by atoms with van der Waals surface area (Å²) in [5.74, 6) is 0.264. The molecule has 2 aromatic rings. The fourth-order valence-electron chi connectivity index (χ4n) is 2.47. The quantitative estimate of drug-likeness (QED) is 0.772. The topological polar surface area (TPSA) is 58.2 Å². The average Bonchev–Trinajstić information content (AvgIpc) is 2.55. The summed E-state index contributed by atoms with van der Waals surface area (Å²) in [6.45, 7) is 7.60. The number of benzene rings is 2. The number of rotatable bonds is 6. The molecule has 0 unspecified atom stereocenters. The molecular formula is C20H24N2O2. The minimum absolute atomic E-state index is 0.00760. The predicted octanol–water partition coefficient (Wildman–Crippen LogP) is 4.45. The Bertz CT molecular complexity index is 721. The second-order valence-corrected chi connectivity index (χ2v) is 6.23. The van der Waals surface area contributed by atoms with E-state index in [0.29, 0.717) is 17.2 Å². The number of ketones is 1. The molecule has 0 bridgehead atoms. The molecule has 0 heterocycles. The van der Waals surface area contributed by atoms with Crippen LogP contribution in [0.2, 0.25) is 0 Å². The van der Waals surface area contributed by atoms with Gasteiger partial charge in [-0.25, -0.2) is 0 Å². The van der Waals surface area contributed by atoms with E-state index in [9.17, 15) is 9.59 Å². The van der Waals surface area contributed by atoms with Crippen LogP contribution in [0.3, 0.4) is 0 Å². The van der Waals surface area contributed by atoms with E-state index < -0.39 is 0 Å². The number of hydrogen-bond acceptors (Lipinski definition) is 3. The molecule has 0 radical (unpaired) electrons. The van der Waals surface area contributed by atoms with Crippen LogP contribution >= 0.6 is 0 Å². The highest BCUT2D eigenvalue weighted by molar-refractivity contribution is 5.98. The van der Waals surface area contributed by atoms with Gasteiger partial charge in [0.15, 0.2) is 5.78 Å². The van der Waals surface area contributed by atoms with Crippen molar-refractivity contribution in [2.24, 2.45) is 0 Å². The van der Waals surface area contributed by atoms with Crippen LogP contribution in [0.25, 0.3) is 0 Å². The predicted molar refractivity (Wildman–Crippen MR) is 98.7 cm³/mol. The van der Waals surface area contributed by atoms with Gasteiger partial charge < -0.3 is 10.6 Å². The average molecular weight is 324 g/mol. The molecule has 4 nitrogen and oxygen atoms in total. The van der Waals surface area contributed by atoms with E-state index in [4.69, 9.17) is 0 Å². The molecule has 0 saturated carbocycles. The molecule has 0 fully saturated rings. The Morgan fingerprint density at radius 3 is 2.12 bits per heavy atom. The molecule has 2 N–H and O–H groups in total. The Morgan fingerprint density at radius 2 is 1.54 bits per heavy atom. The van der Waals surface area contributed by atoms with E-state index >= 15 is 0 Å². The molecule has 2 rings (SSSR count). The third kappa shape index (κ3) is 4.44. The van der Waals surface area contributed by atoms with Crippen LogP contribution in [0, 0.1) is 0 Å². The molecule has 126 valence electrons. The Kier molecular flexibility index (Phi) is 5.74. The van der Waals surface area contributed by atoms with Crippen molar-refractivity contribution in [1.29, 1.82) is 0 Å². The van der Waals surface area contributed by atoms with E-state index in [1.54, 1.807) is 24.3 Å². The number of nitrogens with one attached hydrogen (secondary N) is 2. The van der Waals surface area contributed by atoms with Crippen molar-refractivity contribution in [3.8, 4) is 0 Å². The standard InChI is InChI=1S/C20H24N2O2/c1-13(2)18-7-5-6-8-19(18)21-14(3)20(24)22-17-11-9-16(10-12-17)15(4)23/h5-14,21H,1-4H3,(H,22,24)/t14-/m1/s1. The maximum absolute atomic E-state index is 12.4. The van der Waals surface area contributed by atoms with E-state index in [2.05, 4.69) is 30.5 Å². The van der Waals surface area contributed by atoms with Crippen LogP contribution in [0.5, 0.6) is 0 Å². The van der Waals surface area contributed by atoms with Crippen LogP contribution in [0.1, 0.15) is 49.5 Å². The number of carbonyl (C=O) groups excluding carboxylic acids is 2. The zero-order valence-corrected chi connectivity index (χ0v) is 14.6. The monoisotopic (exact) mass is 324 g/mol. The first-order valence-corrected chi connectivity index (χ1v) is 8.16. The highest BCUT2D eigenvalue weighted by atomic mass is 16.2. The van der Waals surface area contributed by atoms with Gasteiger partial charge in [-0.2, -0.15) is 0 Å². The normalized spacial score (nSPS) is 11.9. The van der Waals surface area contributed by atoms with Crippen LogP contribution in [-0.4, -0.2) is 17.7 Å². The van der Waals surface area contributed by atoms with Crippen LogP contribution in [-0.2, 0) is 4.79 Å². The van der Waals surface area contributed by atoms with Gasteiger partial charge in [-0.15, -0.1) is 0 Å². The second kappa shape index (κ2) is 7.77. The molecule has 0 saturated heterocycles. The maximum atomic E-state index is 12.4. The van der Waals surface area contributed by atoms with Crippen LogP contribution in [0.15, 0.2) is 48.5 Å². The molecule has 4 heteroatoms. The van der Waals surface area contributed by atoms with Gasteiger partial charge in [-0.1, -0.05) is 32.0 Å². The fourth-order valence-corrected chi connectivity index (χ4v) is 2.47. The van der Waals surface area contributed by atoms with Crippen molar-refractivity contribution in [3.63, 3.8) is 0 Å². The first kappa shape index (κ1) is 17.7. The van der Waals surface area contributed by atoms with Gasteiger partial charge >= 0.3 is 0 Å². The Morgan fingerprint density at radius 1 is 0.917 bits per heavy atom. The minimum Gasteiger partial charge on any atom is -0.374 e. The first-order chi connectivity index (χ1) is 11.4. The zero-order chi connectivity index (χ0) is 17.7. The minimum atomic E-state index is -0.377. The third-order valence-corrected chi connectivity index (χ3v) is 3.91. The molecule has 0 aliphatic heterocycles. The van der Waals surface area contributed by atoms with Crippen molar-refractivity contribution in [2.75, 3.05) is 10.6 Å². The summed E-state index contributed by atoms with van der Waals surface area (Å²) in [5.41, 5.74) is 3.46.